The molecule has 1 fully saturated rings. The van der Waals surface area contributed by atoms with Gasteiger partial charge in [0.15, 0.2) is 6.29 Å². The van der Waals surface area contributed by atoms with Crippen molar-refractivity contribution in [1.29, 1.82) is 0 Å². The number of benzene rings is 1. The van der Waals surface area contributed by atoms with Crippen LogP contribution in [0.2, 0.25) is 0 Å². The van der Waals surface area contributed by atoms with Gasteiger partial charge in [0.2, 0.25) is 5.78 Å². The molecular weight excluding hydrogens is 262 g/mol. The van der Waals surface area contributed by atoms with Gasteiger partial charge in [0, 0.05) is 17.1 Å². The molecule has 1 aliphatic rings. The number of ether oxygens (including phenoxy) is 2. The van der Waals surface area contributed by atoms with Crippen LogP contribution in [0.25, 0.3) is 0 Å². The molecule has 20 heavy (non-hydrogen) atoms. The number of Topliss-reactive ketones (excluding diaryl/α,β-unsaturated/α-hetero) is 1. The van der Waals surface area contributed by atoms with E-state index in [1.54, 1.807) is 30.3 Å². The molecule has 2 rings (SSSR count). The lowest BCUT2D eigenvalue weighted by Crippen LogP contribution is -2.37. The zero-order valence-electron chi connectivity index (χ0n) is 11.1. The minimum Gasteiger partial charge on any atom is -0.353 e. The molecule has 0 amide bonds. The van der Waals surface area contributed by atoms with Crippen LogP contribution in [0.5, 0.6) is 0 Å². The van der Waals surface area contributed by atoms with Crippen LogP contribution in [0.1, 0.15) is 29.6 Å². The molecule has 1 heterocycles. The SMILES string of the molecule is O=C(c1ccccc1)C(COC1CCCCO1)[N+](=O)[O-]. The highest BCUT2D eigenvalue weighted by atomic mass is 16.7. The summed E-state index contributed by atoms with van der Waals surface area (Å²) in [6, 6.07) is 6.85. The van der Waals surface area contributed by atoms with Gasteiger partial charge in [-0.1, -0.05) is 30.3 Å². The molecule has 0 spiro atoms. The topological polar surface area (TPSA) is 78.7 Å². The first-order chi connectivity index (χ1) is 9.68. The van der Waals surface area contributed by atoms with E-state index in [-0.39, 0.29) is 6.61 Å². The Kier molecular flexibility index (Phi) is 5.20. The number of hydrogen-bond donors (Lipinski definition) is 0. The monoisotopic (exact) mass is 279 g/mol. The summed E-state index contributed by atoms with van der Waals surface area (Å²) in [4.78, 5) is 22.5. The minimum absolute atomic E-state index is 0.259. The molecule has 1 aromatic carbocycles. The van der Waals surface area contributed by atoms with Gasteiger partial charge in [-0.15, -0.1) is 0 Å². The minimum atomic E-state index is -1.39. The first-order valence-corrected chi connectivity index (χ1v) is 6.64. The molecule has 2 atom stereocenters. The third-order valence-corrected chi connectivity index (χ3v) is 3.19. The maximum absolute atomic E-state index is 12.1. The lowest BCUT2D eigenvalue weighted by Gasteiger charge is -2.23. The fourth-order valence-electron chi connectivity index (χ4n) is 2.07. The van der Waals surface area contributed by atoms with Gasteiger partial charge < -0.3 is 9.47 Å². The number of rotatable bonds is 6. The van der Waals surface area contributed by atoms with Crippen molar-refractivity contribution in [3.8, 4) is 0 Å². The molecule has 0 saturated carbocycles. The predicted octanol–water partition coefficient (Wildman–Crippen LogP) is 2.06. The Labute approximate surface area is 116 Å². The molecule has 6 nitrogen and oxygen atoms in total. The predicted molar refractivity (Wildman–Crippen MR) is 71.1 cm³/mol. The second-order valence-electron chi connectivity index (χ2n) is 4.66. The van der Waals surface area contributed by atoms with Crippen LogP contribution in [0.15, 0.2) is 30.3 Å². The summed E-state index contributed by atoms with van der Waals surface area (Å²) in [6.07, 6.45) is 2.22. The number of carbonyl (C=O) groups excluding carboxylic acids is 1. The van der Waals surface area contributed by atoms with Crippen LogP contribution in [0, 0.1) is 10.1 Å². The highest BCUT2D eigenvalue weighted by Gasteiger charge is 2.32. The van der Waals surface area contributed by atoms with Crippen molar-refractivity contribution in [1.82, 2.24) is 0 Å². The average Bonchev–Trinajstić information content (AvgIpc) is 2.49. The smallest absolute Gasteiger partial charge is 0.297 e. The first-order valence-electron chi connectivity index (χ1n) is 6.64. The normalized spacial score (nSPS) is 20.3. The van der Waals surface area contributed by atoms with Gasteiger partial charge in [-0.2, -0.15) is 0 Å². The van der Waals surface area contributed by atoms with Crippen LogP contribution in [-0.2, 0) is 9.47 Å². The van der Waals surface area contributed by atoms with E-state index in [9.17, 15) is 14.9 Å². The van der Waals surface area contributed by atoms with E-state index in [4.69, 9.17) is 9.47 Å². The summed E-state index contributed by atoms with van der Waals surface area (Å²) in [5.74, 6) is -0.536. The van der Waals surface area contributed by atoms with Crippen LogP contribution >= 0.6 is 0 Å². The van der Waals surface area contributed by atoms with E-state index in [1.807, 2.05) is 0 Å². The van der Waals surface area contributed by atoms with E-state index < -0.39 is 23.0 Å². The molecule has 1 aliphatic heterocycles. The van der Waals surface area contributed by atoms with Gasteiger partial charge in [-0.25, -0.2) is 0 Å². The van der Waals surface area contributed by atoms with E-state index in [0.29, 0.717) is 18.6 Å². The van der Waals surface area contributed by atoms with Crippen molar-refractivity contribution in [2.75, 3.05) is 13.2 Å². The Morgan fingerprint density at radius 1 is 1.40 bits per heavy atom. The van der Waals surface area contributed by atoms with Crippen LogP contribution in [-0.4, -0.2) is 36.3 Å². The molecule has 1 aromatic rings. The van der Waals surface area contributed by atoms with Gasteiger partial charge in [0.05, 0.1) is 0 Å². The van der Waals surface area contributed by atoms with E-state index in [0.717, 1.165) is 12.8 Å². The number of nitro groups is 1. The zero-order valence-corrected chi connectivity index (χ0v) is 11.1. The summed E-state index contributed by atoms with van der Waals surface area (Å²) in [5.41, 5.74) is 0.322. The summed E-state index contributed by atoms with van der Waals surface area (Å²) in [6.45, 7) is 0.339. The fourth-order valence-corrected chi connectivity index (χ4v) is 2.07. The lowest BCUT2D eigenvalue weighted by molar-refractivity contribution is -0.511. The van der Waals surface area contributed by atoms with Gasteiger partial charge in [-0.3, -0.25) is 14.9 Å². The molecular formula is C14H17NO5. The Morgan fingerprint density at radius 2 is 2.15 bits per heavy atom. The summed E-state index contributed by atoms with van der Waals surface area (Å²) < 4.78 is 10.7. The van der Waals surface area contributed by atoms with Gasteiger partial charge >= 0.3 is 0 Å². The van der Waals surface area contributed by atoms with Crippen molar-refractivity contribution in [2.24, 2.45) is 0 Å². The molecule has 1 saturated heterocycles. The highest BCUT2D eigenvalue weighted by Crippen LogP contribution is 2.15. The average molecular weight is 279 g/mol. The second-order valence-corrected chi connectivity index (χ2v) is 4.66. The van der Waals surface area contributed by atoms with E-state index in [2.05, 4.69) is 0 Å². The van der Waals surface area contributed by atoms with E-state index in [1.165, 1.54) is 0 Å². The molecule has 108 valence electrons. The number of ketones is 1. The van der Waals surface area contributed by atoms with Crippen molar-refractivity contribution < 1.29 is 19.2 Å². The number of hydrogen-bond acceptors (Lipinski definition) is 5. The molecule has 0 radical (unpaired) electrons. The Morgan fingerprint density at radius 3 is 2.75 bits per heavy atom. The third kappa shape index (κ3) is 3.85. The molecule has 0 N–H and O–H groups in total. The molecule has 0 bridgehead atoms. The van der Waals surface area contributed by atoms with Crippen molar-refractivity contribution in [3.05, 3.63) is 46.0 Å². The maximum Gasteiger partial charge on any atom is 0.297 e. The molecule has 2 unspecified atom stereocenters. The standard InChI is InChI=1S/C14H17NO5/c16-14(11-6-2-1-3-7-11)12(15(17)18)10-20-13-8-4-5-9-19-13/h1-3,6-7,12-13H,4-5,8-10H2. The molecule has 0 aliphatic carbocycles. The maximum atomic E-state index is 12.1. The van der Waals surface area contributed by atoms with Crippen molar-refractivity contribution in [2.45, 2.75) is 31.6 Å². The zero-order chi connectivity index (χ0) is 14.4. The Balaban J connectivity index is 1.96. The lowest BCUT2D eigenvalue weighted by atomic mass is 10.1. The first kappa shape index (κ1) is 14.6. The number of nitrogens with zero attached hydrogens (tertiary/aromatic N) is 1. The Bertz CT molecular complexity index is 456. The summed E-state index contributed by atoms with van der Waals surface area (Å²) >= 11 is 0. The largest absolute Gasteiger partial charge is 0.353 e. The second kappa shape index (κ2) is 7.12. The summed E-state index contributed by atoms with van der Waals surface area (Å²) in [7, 11) is 0. The molecule has 0 aromatic heterocycles. The van der Waals surface area contributed by atoms with Crippen molar-refractivity contribution >= 4 is 5.78 Å². The highest BCUT2D eigenvalue weighted by molar-refractivity contribution is 5.99. The van der Waals surface area contributed by atoms with Gasteiger partial charge in [0.1, 0.15) is 6.61 Å². The third-order valence-electron chi connectivity index (χ3n) is 3.19. The Hall–Kier alpha value is -1.79. The fraction of sp³-hybridized carbons (Fsp3) is 0.500. The van der Waals surface area contributed by atoms with Crippen LogP contribution < -0.4 is 0 Å². The van der Waals surface area contributed by atoms with Crippen LogP contribution in [0.4, 0.5) is 0 Å². The van der Waals surface area contributed by atoms with Crippen molar-refractivity contribution in [3.63, 3.8) is 0 Å². The van der Waals surface area contributed by atoms with E-state index >= 15 is 0 Å². The van der Waals surface area contributed by atoms with Gasteiger partial charge in [0.25, 0.3) is 6.04 Å². The van der Waals surface area contributed by atoms with Gasteiger partial charge in [-0.05, 0) is 19.3 Å². The number of carbonyl (C=O) groups is 1. The summed E-state index contributed by atoms with van der Waals surface area (Å²) in [5, 5.41) is 11.1. The quantitative estimate of drug-likeness (QED) is 0.452. The molecule has 6 heteroatoms. The van der Waals surface area contributed by atoms with Crippen LogP contribution in [0.3, 0.4) is 0 Å².